The number of furan rings is 1. The van der Waals surface area contributed by atoms with Crippen LogP contribution in [0.3, 0.4) is 0 Å². The van der Waals surface area contributed by atoms with E-state index in [4.69, 9.17) is 4.42 Å². The summed E-state index contributed by atoms with van der Waals surface area (Å²) < 4.78 is 9.95. The highest BCUT2D eigenvalue weighted by molar-refractivity contribution is 7.99. The molecular formula is C13H15NO3S2. The first-order valence-electron chi connectivity index (χ1n) is 5.85. The second-order valence-electron chi connectivity index (χ2n) is 4.02. The monoisotopic (exact) mass is 297 g/mol. The van der Waals surface area contributed by atoms with Gasteiger partial charge in [0.2, 0.25) is 0 Å². The van der Waals surface area contributed by atoms with Gasteiger partial charge in [0, 0.05) is 16.4 Å². The van der Waals surface area contributed by atoms with Crippen LogP contribution in [0.2, 0.25) is 0 Å². The molecule has 0 bridgehead atoms. The SMILES string of the molecule is COC(=O)C[C@@H](C)SCc1csc(-c2ccco2)n1. The predicted molar refractivity (Wildman–Crippen MR) is 77.2 cm³/mol. The normalized spacial score (nSPS) is 12.3. The quantitative estimate of drug-likeness (QED) is 0.763. The van der Waals surface area contributed by atoms with Crippen LogP contribution in [-0.4, -0.2) is 23.3 Å². The van der Waals surface area contributed by atoms with Gasteiger partial charge in [0.25, 0.3) is 0 Å². The number of carbonyl (C=O) groups is 1. The highest BCUT2D eigenvalue weighted by Crippen LogP contribution is 2.27. The first-order chi connectivity index (χ1) is 9.19. The Balaban J connectivity index is 1.85. The van der Waals surface area contributed by atoms with Crippen molar-refractivity contribution >= 4 is 29.1 Å². The molecule has 19 heavy (non-hydrogen) atoms. The summed E-state index contributed by atoms with van der Waals surface area (Å²) in [5, 5.41) is 3.14. The van der Waals surface area contributed by atoms with E-state index < -0.39 is 0 Å². The van der Waals surface area contributed by atoms with E-state index in [0.29, 0.717) is 6.42 Å². The summed E-state index contributed by atoms with van der Waals surface area (Å²) in [6.45, 7) is 2.02. The van der Waals surface area contributed by atoms with Crippen molar-refractivity contribution in [3.8, 4) is 10.8 Å². The molecule has 0 aromatic carbocycles. The minimum atomic E-state index is -0.172. The number of rotatable bonds is 6. The maximum Gasteiger partial charge on any atom is 0.306 e. The Morgan fingerprint density at radius 1 is 1.63 bits per heavy atom. The first-order valence-corrected chi connectivity index (χ1v) is 7.78. The Bertz CT molecular complexity index is 522. The molecule has 0 saturated heterocycles. The molecule has 0 aliphatic rings. The lowest BCUT2D eigenvalue weighted by molar-refractivity contribution is -0.140. The topological polar surface area (TPSA) is 52.3 Å². The number of carbonyl (C=O) groups excluding carboxylic acids is 1. The lowest BCUT2D eigenvalue weighted by atomic mass is 10.3. The standard InChI is InChI=1S/C13H15NO3S2/c1-9(6-12(15)16-2)18-7-10-8-19-13(14-10)11-4-3-5-17-11/h3-5,8-9H,6-7H2,1-2H3/t9-/m1/s1. The van der Waals surface area contributed by atoms with E-state index in [2.05, 4.69) is 9.72 Å². The number of aromatic nitrogens is 1. The van der Waals surface area contributed by atoms with Crippen LogP contribution in [-0.2, 0) is 15.3 Å². The van der Waals surface area contributed by atoms with E-state index in [-0.39, 0.29) is 11.2 Å². The van der Waals surface area contributed by atoms with Crippen molar-refractivity contribution in [3.05, 3.63) is 29.5 Å². The molecule has 0 unspecified atom stereocenters. The predicted octanol–water partition coefficient (Wildman–Crippen LogP) is 3.59. The molecule has 1 atom stereocenters. The van der Waals surface area contributed by atoms with Crippen LogP contribution in [0.1, 0.15) is 19.0 Å². The molecule has 0 saturated carbocycles. The fourth-order valence-corrected chi connectivity index (χ4v) is 3.24. The van der Waals surface area contributed by atoms with E-state index in [1.54, 1.807) is 29.4 Å². The maximum atomic E-state index is 11.1. The van der Waals surface area contributed by atoms with Gasteiger partial charge in [0.15, 0.2) is 10.8 Å². The fraction of sp³-hybridized carbons (Fsp3) is 0.385. The number of thioether (sulfide) groups is 1. The largest absolute Gasteiger partial charge is 0.469 e. The van der Waals surface area contributed by atoms with Crippen molar-refractivity contribution in [2.45, 2.75) is 24.3 Å². The third-order valence-corrected chi connectivity index (χ3v) is 4.59. The second-order valence-corrected chi connectivity index (χ2v) is 6.31. The van der Waals surface area contributed by atoms with Gasteiger partial charge in [-0.25, -0.2) is 4.98 Å². The van der Waals surface area contributed by atoms with Crippen LogP contribution < -0.4 is 0 Å². The summed E-state index contributed by atoms with van der Waals surface area (Å²) in [5.74, 6) is 1.41. The average molecular weight is 297 g/mol. The van der Waals surface area contributed by atoms with Crippen LogP contribution in [0.5, 0.6) is 0 Å². The van der Waals surface area contributed by atoms with E-state index in [1.807, 2.05) is 24.4 Å². The Kier molecular flexibility index (Phi) is 5.04. The van der Waals surface area contributed by atoms with Crippen LogP contribution in [0, 0.1) is 0 Å². The van der Waals surface area contributed by atoms with Crippen molar-refractivity contribution in [2.24, 2.45) is 0 Å². The van der Waals surface area contributed by atoms with Crippen molar-refractivity contribution in [1.82, 2.24) is 4.98 Å². The van der Waals surface area contributed by atoms with Gasteiger partial charge in [-0.3, -0.25) is 4.79 Å². The average Bonchev–Trinajstić information content (AvgIpc) is 3.06. The molecule has 2 aromatic heterocycles. The first kappa shape index (κ1) is 14.1. The zero-order chi connectivity index (χ0) is 13.7. The van der Waals surface area contributed by atoms with Gasteiger partial charge in [-0.05, 0) is 12.1 Å². The minimum absolute atomic E-state index is 0.172. The van der Waals surface area contributed by atoms with Gasteiger partial charge >= 0.3 is 5.97 Å². The minimum Gasteiger partial charge on any atom is -0.469 e. The van der Waals surface area contributed by atoms with Crippen LogP contribution in [0.4, 0.5) is 0 Å². The van der Waals surface area contributed by atoms with Crippen LogP contribution >= 0.6 is 23.1 Å². The fourth-order valence-electron chi connectivity index (χ4n) is 1.49. The maximum absolute atomic E-state index is 11.1. The Morgan fingerprint density at radius 2 is 2.47 bits per heavy atom. The summed E-state index contributed by atoms with van der Waals surface area (Å²) >= 11 is 3.26. The highest BCUT2D eigenvalue weighted by atomic mass is 32.2. The van der Waals surface area contributed by atoms with Crippen LogP contribution in [0.15, 0.2) is 28.2 Å². The van der Waals surface area contributed by atoms with Gasteiger partial charge in [-0.2, -0.15) is 11.8 Å². The summed E-state index contributed by atoms with van der Waals surface area (Å²) in [4.78, 5) is 15.6. The van der Waals surface area contributed by atoms with Crippen molar-refractivity contribution in [2.75, 3.05) is 7.11 Å². The number of ether oxygens (including phenoxy) is 1. The zero-order valence-corrected chi connectivity index (χ0v) is 12.4. The molecule has 0 N–H and O–H groups in total. The lowest BCUT2D eigenvalue weighted by Gasteiger charge is -2.07. The summed E-state index contributed by atoms with van der Waals surface area (Å²) in [6.07, 6.45) is 2.07. The second kappa shape index (κ2) is 6.77. The molecule has 2 aromatic rings. The molecule has 0 aliphatic heterocycles. The van der Waals surface area contributed by atoms with Gasteiger partial charge < -0.3 is 9.15 Å². The molecular weight excluding hydrogens is 282 g/mol. The molecule has 0 fully saturated rings. The molecule has 0 aliphatic carbocycles. The van der Waals surface area contributed by atoms with Gasteiger partial charge in [-0.15, -0.1) is 11.3 Å². The van der Waals surface area contributed by atoms with Gasteiger partial charge in [0.05, 0.1) is 25.5 Å². The number of methoxy groups -OCH3 is 1. The lowest BCUT2D eigenvalue weighted by Crippen LogP contribution is -2.08. The molecule has 0 amide bonds. The third-order valence-electron chi connectivity index (χ3n) is 2.48. The summed E-state index contributed by atoms with van der Waals surface area (Å²) in [5.41, 5.74) is 1.01. The Labute approximate surface area is 120 Å². The van der Waals surface area contributed by atoms with Gasteiger partial charge in [-0.1, -0.05) is 6.92 Å². The van der Waals surface area contributed by atoms with Crippen LogP contribution in [0.25, 0.3) is 10.8 Å². The van der Waals surface area contributed by atoms with E-state index in [9.17, 15) is 4.79 Å². The summed E-state index contributed by atoms with van der Waals surface area (Å²) in [7, 11) is 1.41. The zero-order valence-electron chi connectivity index (χ0n) is 10.8. The number of thiazole rings is 1. The molecule has 2 rings (SSSR count). The molecule has 0 radical (unpaired) electrons. The van der Waals surface area contributed by atoms with Crippen molar-refractivity contribution in [3.63, 3.8) is 0 Å². The number of esters is 1. The number of hydrogen-bond donors (Lipinski definition) is 0. The molecule has 102 valence electrons. The number of nitrogens with zero attached hydrogens (tertiary/aromatic N) is 1. The van der Waals surface area contributed by atoms with E-state index >= 15 is 0 Å². The Hall–Kier alpha value is -1.27. The highest BCUT2D eigenvalue weighted by Gasteiger charge is 2.12. The smallest absolute Gasteiger partial charge is 0.306 e. The van der Waals surface area contributed by atoms with Gasteiger partial charge in [0.1, 0.15) is 0 Å². The molecule has 6 heteroatoms. The van der Waals surface area contributed by atoms with E-state index in [0.717, 1.165) is 22.2 Å². The Morgan fingerprint density at radius 3 is 3.16 bits per heavy atom. The summed E-state index contributed by atoms with van der Waals surface area (Å²) in [6, 6.07) is 3.75. The van der Waals surface area contributed by atoms with Crippen molar-refractivity contribution < 1.29 is 13.9 Å². The van der Waals surface area contributed by atoms with Crippen molar-refractivity contribution in [1.29, 1.82) is 0 Å². The van der Waals surface area contributed by atoms with E-state index in [1.165, 1.54) is 7.11 Å². The number of hydrogen-bond acceptors (Lipinski definition) is 6. The molecule has 0 spiro atoms. The molecule has 2 heterocycles. The molecule has 4 nitrogen and oxygen atoms in total. The third kappa shape index (κ3) is 4.11.